The average molecular weight is 1270 g/mol. The van der Waals surface area contributed by atoms with Gasteiger partial charge in [0.05, 0.1) is 46.5 Å². The zero-order valence-corrected chi connectivity index (χ0v) is 51.5. The summed E-state index contributed by atoms with van der Waals surface area (Å²) in [6, 6.07) is 50.5. The number of aryl methyl sites for hydroxylation is 2. The van der Waals surface area contributed by atoms with Gasteiger partial charge < -0.3 is 41.0 Å². The van der Waals surface area contributed by atoms with Gasteiger partial charge in [-0.05, 0) is 169 Å². The minimum absolute atomic E-state index is 0. The van der Waals surface area contributed by atoms with E-state index < -0.39 is 43.9 Å². The van der Waals surface area contributed by atoms with Gasteiger partial charge in [-0.25, -0.2) is 0 Å². The van der Waals surface area contributed by atoms with Crippen molar-refractivity contribution in [3.8, 4) is 23.0 Å². The number of nitrogens with one attached hydrogen (secondary N) is 4. The molecule has 8 N–H and O–H groups in total. The standard InChI is InChI=1S/2C32H26N4O7S.Ca.2H2/c2*1-19-7-8-21(31(38)33-23-11-15-25(16-12-23)44(40,41)42)18-28(19)35-36-29-26-6-4-3-5-20(26)17-27(30(29)37)32(39)34-22-9-13-24(43-2)14-10-22;;;/h2*3-18,37H,1-2H3,(H,33,38)(H,34,39)(H,40,41,42);;2*1H. The third-order valence-corrected chi connectivity index (χ3v) is 15.2. The summed E-state index contributed by atoms with van der Waals surface area (Å²) < 4.78 is 73.7. The molecule has 25 heteroatoms. The zero-order chi connectivity index (χ0) is 62.9. The van der Waals surface area contributed by atoms with Crippen LogP contribution >= 0.6 is 0 Å². The molecule has 0 spiro atoms. The first-order valence-electron chi connectivity index (χ1n) is 26.3. The van der Waals surface area contributed by atoms with Crippen LogP contribution in [0.2, 0.25) is 0 Å². The number of carbonyl (C=O) groups excluding carboxylic acids is 4. The Morgan fingerprint density at radius 3 is 1.06 bits per heavy atom. The first-order chi connectivity index (χ1) is 42.1. The van der Waals surface area contributed by atoms with E-state index >= 15 is 0 Å². The molecule has 10 aromatic rings. The molecule has 22 nitrogen and oxygen atoms in total. The number of azo groups is 2. The Kier molecular flexibility index (Phi) is 20.7. The van der Waals surface area contributed by atoms with E-state index in [9.17, 15) is 46.2 Å². The largest absolute Gasteiger partial charge is 0.505 e. The van der Waals surface area contributed by atoms with Gasteiger partial charge in [-0.3, -0.25) is 28.3 Å². The molecule has 0 aromatic heterocycles. The van der Waals surface area contributed by atoms with Crippen molar-refractivity contribution in [1.29, 1.82) is 0 Å². The normalized spacial score (nSPS) is 11.3. The van der Waals surface area contributed by atoms with Gasteiger partial charge >= 0.3 is 0 Å². The molecule has 0 unspecified atom stereocenters. The monoisotopic (exact) mass is 1260 g/mol. The van der Waals surface area contributed by atoms with Crippen molar-refractivity contribution in [2.75, 3.05) is 35.5 Å². The molecule has 0 saturated carbocycles. The van der Waals surface area contributed by atoms with Crippen LogP contribution in [-0.4, -0.2) is 112 Å². The topological polar surface area (TPSA) is 333 Å². The molecule has 4 amide bonds. The van der Waals surface area contributed by atoms with Crippen LogP contribution in [0.5, 0.6) is 23.0 Å². The van der Waals surface area contributed by atoms with E-state index in [1.54, 1.807) is 162 Å². The Labute approximate surface area is 542 Å². The molecule has 10 aromatic carbocycles. The second kappa shape index (κ2) is 28.3. The first-order valence-corrected chi connectivity index (χ1v) is 29.2. The van der Waals surface area contributed by atoms with Crippen molar-refractivity contribution < 1.29 is 67.7 Å². The fourth-order valence-corrected chi connectivity index (χ4v) is 9.64. The van der Waals surface area contributed by atoms with E-state index in [4.69, 9.17) is 18.6 Å². The number of phenolic OH excluding ortho intramolecular Hbond substituents is 2. The van der Waals surface area contributed by atoms with Crippen molar-refractivity contribution in [3.63, 3.8) is 0 Å². The number of fused-ring (bicyclic) bond motifs is 2. The third-order valence-electron chi connectivity index (χ3n) is 13.5. The minimum atomic E-state index is -4.36. The second-order valence-electron chi connectivity index (χ2n) is 19.4. The molecule has 0 fully saturated rings. The molecule has 0 atom stereocenters. The van der Waals surface area contributed by atoms with Crippen molar-refractivity contribution in [2.24, 2.45) is 20.5 Å². The van der Waals surface area contributed by atoms with Crippen LogP contribution in [0.3, 0.4) is 0 Å². The molecule has 0 saturated heterocycles. The van der Waals surface area contributed by atoms with Gasteiger partial charge in [-0.15, -0.1) is 10.2 Å². The number of nitrogens with zero attached hydrogens (tertiary/aromatic N) is 4. The van der Waals surface area contributed by atoms with Gasteiger partial charge in [0.1, 0.15) is 22.9 Å². The fraction of sp³-hybridized carbons (Fsp3) is 0.0625. The summed E-state index contributed by atoms with van der Waals surface area (Å²) in [5, 5.41) is 53.0. The molecule has 0 aliphatic heterocycles. The molecular formula is C64H56CaN8O14S2. The summed E-state index contributed by atoms with van der Waals surface area (Å²) in [5.74, 6) is -1.55. The zero-order valence-electron chi connectivity index (χ0n) is 47.7. The van der Waals surface area contributed by atoms with Crippen LogP contribution in [0.4, 0.5) is 45.5 Å². The number of rotatable bonds is 16. The van der Waals surface area contributed by atoms with Gasteiger partial charge in [0, 0.05) is 85.2 Å². The van der Waals surface area contributed by atoms with Crippen molar-refractivity contribution in [2.45, 2.75) is 23.6 Å². The number of benzene rings is 10. The summed E-state index contributed by atoms with van der Waals surface area (Å²) >= 11 is 0. The van der Waals surface area contributed by atoms with E-state index in [0.717, 1.165) is 0 Å². The minimum Gasteiger partial charge on any atom is -0.505 e. The van der Waals surface area contributed by atoms with E-state index in [-0.39, 0.29) is 95.5 Å². The summed E-state index contributed by atoms with van der Waals surface area (Å²) in [4.78, 5) is 51.6. The van der Waals surface area contributed by atoms with Crippen molar-refractivity contribution in [1.82, 2.24) is 0 Å². The Bertz CT molecular complexity index is 4370. The number of phenols is 2. The maximum atomic E-state index is 13.2. The van der Waals surface area contributed by atoms with Crippen LogP contribution in [-0.2, 0) is 20.2 Å². The number of methoxy groups -OCH3 is 2. The molecular weight excluding hydrogens is 1210 g/mol. The number of aromatic hydroxyl groups is 2. The number of amides is 4. The van der Waals surface area contributed by atoms with E-state index in [2.05, 4.69) is 41.7 Å². The smallest absolute Gasteiger partial charge is 0.294 e. The number of hydrogen-bond acceptors (Lipinski definition) is 16. The molecule has 450 valence electrons. The van der Waals surface area contributed by atoms with Gasteiger partial charge in [0.25, 0.3) is 43.9 Å². The van der Waals surface area contributed by atoms with Crippen LogP contribution in [0.15, 0.2) is 224 Å². The van der Waals surface area contributed by atoms with Crippen LogP contribution in [0.25, 0.3) is 21.5 Å². The maximum absolute atomic E-state index is 13.2. The molecule has 0 aliphatic carbocycles. The average Bonchev–Trinajstić information content (AvgIpc) is 0.924. The fourth-order valence-electron chi connectivity index (χ4n) is 8.68. The molecule has 0 aliphatic rings. The van der Waals surface area contributed by atoms with Gasteiger partial charge in [0.15, 0.2) is 11.5 Å². The van der Waals surface area contributed by atoms with E-state index in [0.29, 0.717) is 78.3 Å². The summed E-state index contributed by atoms with van der Waals surface area (Å²) in [7, 11) is -5.64. The Morgan fingerprint density at radius 2 is 0.730 bits per heavy atom. The molecule has 2 radical (unpaired) electrons. The van der Waals surface area contributed by atoms with Crippen LogP contribution in [0, 0.1) is 13.8 Å². The summed E-state index contributed by atoms with van der Waals surface area (Å²) in [6.45, 7) is 3.56. The quantitative estimate of drug-likeness (QED) is 0.0253. The number of anilines is 4. The predicted octanol–water partition coefficient (Wildman–Crippen LogP) is 14.2. The van der Waals surface area contributed by atoms with Crippen molar-refractivity contribution in [3.05, 3.63) is 228 Å². The summed E-state index contributed by atoms with van der Waals surface area (Å²) in [6.07, 6.45) is 0. The van der Waals surface area contributed by atoms with E-state index in [1.807, 2.05) is 0 Å². The maximum Gasteiger partial charge on any atom is 0.294 e. The van der Waals surface area contributed by atoms with Crippen LogP contribution in [0.1, 0.15) is 55.4 Å². The van der Waals surface area contributed by atoms with E-state index in [1.165, 1.54) is 60.7 Å². The molecule has 10 rings (SSSR count). The molecule has 0 bridgehead atoms. The van der Waals surface area contributed by atoms with Crippen molar-refractivity contribution >= 4 is 149 Å². The van der Waals surface area contributed by atoms with Crippen LogP contribution < -0.4 is 30.7 Å². The molecule has 0 heterocycles. The Morgan fingerprint density at radius 1 is 0.416 bits per heavy atom. The van der Waals surface area contributed by atoms with Gasteiger partial charge in [-0.1, -0.05) is 60.7 Å². The number of carbonyl (C=O) groups is 4. The summed E-state index contributed by atoms with van der Waals surface area (Å²) in [5.41, 5.74) is 4.35. The number of hydrogen-bond donors (Lipinski definition) is 8. The molecule has 89 heavy (non-hydrogen) atoms. The second-order valence-corrected chi connectivity index (χ2v) is 22.2. The Balaban J connectivity index is 0.000000280. The first kappa shape index (κ1) is 65.1. The number of ether oxygens (including phenoxy) is 2. The predicted molar refractivity (Wildman–Crippen MR) is 342 cm³/mol. The third kappa shape index (κ3) is 16.0. The Hall–Kier alpha value is -9.92. The van der Waals surface area contributed by atoms with Gasteiger partial charge in [-0.2, -0.15) is 27.1 Å². The van der Waals surface area contributed by atoms with Gasteiger partial charge in [0.2, 0.25) is 0 Å². The SMILES string of the molecule is COc1ccc(NC(=O)c2cc3ccccc3c(N=Nc3cc(C(=O)Nc4ccc(S(=O)(=O)O)cc4)ccc3C)c2O)cc1.COc1ccc(NC(=O)c2cc3ccccc3c(N=Nc3cc(C(=O)Nc4ccc(S(=O)(=O)O)cc4)ccc3C)c2O)cc1.[Ca].[HH].[HH].